The predicted octanol–water partition coefficient (Wildman–Crippen LogP) is -0.301. The van der Waals surface area contributed by atoms with Crippen LogP contribution in [-0.2, 0) is 0 Å². The molecule has 78 valence electrons. The van der Waals surface area contributed by atoms with Crippen LogP contribution in [0.5, 0.6) is 0 Å². The molecule has 0 atom stereocenters. The number of hydrogen-bond donors (Lipinski definition) is 4. The van der Waals surface area contributed by atoms with Gasteiger partial charge in [-0.2, -0.15) is 0 Å². The van der Waals surface area contributed by atoms with E-state index in [2.05, 4.69) is 5.92 Å². The van der Waals surface area contributed by atoms with Crippen LogP contribution in [0.3, 0.4) is 0 Å². The van der Waals surface area contributed by atoms with Gasteiger partial charge in [0, 0.05) is 11.8 Å². The van der Waals surface area contributed by atoms with Crippen LogP contribution in [0.1, 0.15) is 20.3 Å². The summed E-state index contributed by atoms with van der Waals surface area (Å²) in [4.78, 5) is 0. The molecule has 0 aliphatic rings. The minimum atomic E-state index is -0.306. The molecule has 0 aromatic carbocycles. The number of rotatable bonds is 3. The second-order valence-electron chi connectivity index (χ2n) is 3.24. The van der Waals surface area contributed by atoms with Crippen molar-refractivity contribution in [2.24, 2.45) is 5.41 Å². The van der Waals surface area contributed by atoms with Crippen molar-refractivity contribution in [2.75, 3.05) is 19.8 Å². The van der Waals surface area contributed by atoms with E-state index in [1.54, 1.807) is 20.0 Å². The average Bonchev–Trinajstić information content (AvgIpc) is 2.16. The van der Waals surface area contributed by atoms with Gasteiger partial charge in [0.25, 0.3) is 0 Å². The summed E-state index contributed by atoms with van der Waals surface area (Å²) < 4.78 is 0. The first kappa shape index (κ1) is 14.7. The molecule has 0 aromatic rings. The molecule has 0 amide bonds. The van der Waals surface area contributed by atoms with E-state index in [-0.39, 0.29) is 25.2 Å². The zero-order chi connectivity index (χ0) is 10.7. The van der Waals surface area contributed by atoms with E-state index in [0.717, 1.165) is 0 Å². The van der Waals surface area contributed by atoms with E-state index in [1.165, 1.54) is 0 Å². The lowest BCUT2D eigenvalue weighted by Crippen LogP contribution is -2.20. The summed E-state index contributed by atoms with van der Waals surface area (Å²) in [6, 6.07) is 0. The molecule has 4 nitrogen and oxygen atoms in total. The van der Waals surface area contributed by atoms with Gasteiger partial charge in [-0.15, -0.1) is 0 Å². The molecule has 0 bridgehead atoms. The largest absolute Gasteiger partial charge is 0.462 e. The summed E-state index contributed by atoms with van der Waals surface area (Å²) in [7, 11) is 0. The van der Waals surface area contributed by atoms with E-state index in [1.807, 2.05) is 0 Å². The van der Waals surface area contributed by atoms with E-state index in [9.17, 15) is 0 Å². The molecule has 0 spiro atoms. The fourth-order valence-corrected chi connectivity index (χ4v) is 0.162. The summed E-state index contributed by atoms with van der Waals surface area (Å²) in [6.07, 6.45) is 2.02. The SMILES string of the molecule is CC(C)(CO)CO.OC#CCCO. The third-order valence-electron chi connectivity index (χ3n) is 1.17. The lowest BCUT2D eigenvalue weighted by atomic mass is 9.97. The molecule has 13 heavy (non-hydrogen) atoms. The molecule has 4 heteroatoms. The highest BCUT2D eigenvalue weighted by molar-refractivity contribution is 4.88. The Kier molecular flexibility index (Phi) is 10.6. The van der Waals surface area contributed by atoms with Gasteiger partial charge >= 0.3 is 0 Å². The van der Waals surface area contributed by atoms with Crippen LogP contribution in [0.2, 0.25) is 0 Å². The summed E-state index contributed by atoms with van der Waals surface area (Å²) in [5, 5.41) is 32.6. The molecule has 4 N–H and O–H groups in total. The molecule has 0 rings (SSSR count). The maximum Gasteiger partial charge on any atom is 0.107 e. The van der Waals surface area contributed by atoms with Gasteiger partial charge < -0.3 is 20.4 Å². The van der Waals surface area contributed by atoms with Crippen molar-refractivity contribution < 1.29 is 20.4 Å². The van der Waals surface area contributed by atoms with Crippen LogP contribution in [0.25, 0.3) is 0 Å². The van der Waals surface area contributed by atoms with Crippen LogP contribution >= 0.6 is 0 Å². The standard InChI is InChI=1S/C5H12O2.C4H6O2/c1-5(2,3-6)4-7;5-3-1-2-4-6/h6-7H,3-4H2,1-2H3;5-6H,1,3H2. The Morgan fingerprint density at radius 1 is 1.08 bits per heavy atom. The van der Waals surface area contributed by atoms with Crippen LogP contribution in [-0.4, -0.2) is 40.2 Å². The summed E-state index contributed by atoms with van der Waals surface area (Å²) >= 11 is 0. The van der Waals surface area contributed by atoms with Crippen molar-refractivity contribution in [3.05, 3.63) is 0 Å². The second kappa shape index (κ2) is 9.33. The smallest absolute Gasteiger partial charge is 0.107 e. The molecule has 0 saturated carbocycles. The first-order chi connectivity index (χ1) is 6.04. The first-order valence-corrected chi connectivity index (χ1v) is 3.98. The average molecular weight is 190 g/mol. The number of aliphatic hydroxyl groups is 4. The third-order valence-corrected chi connectivity index (χ3v) is 1.17. The molecular formula is C9H18O4. The topological polar surface area (TPSA) is 80.9 Å². The molecule has 0 aliphatic carbocycles. The predicted molar refractivity (Wildman–Crippen MR) is 49.4 cm³/mol. The highest BCUT2D eigenvalue weighted by Crippen LogP contribution is 2.10. The Balaban J connectivity index is 0. The van der Waals surface area contributed by atoms with Crippen LogP contribution in [0.15, 0.2) is 0 Å². The van der Waals surface area contributed by atoms with Crippen molar-refractivity contribution in [3.8, 4) is 12.0 Å². The Hall–Kier alpha value is -0.760. The van der Waals surface area contributed by atoms with Gasteiger partial charge in [-0.05, 0) is 0 Å². The van der Waals surface area contributed by atoms with E-state index >= 15 is 0 Å². The van der Waals surface area contributed by atoms with Gasteiger partial charge in [-0.1, -0.05) is 19.8 Å². The van der Waals surface area contributed by atoms with Crippen LogP contribution in [0.4, 0.5) is 0 Å². The number of aliphatic hydroxyl groups excluding tert-OH is 4. The summed E-state index contributed by atoms with van der Waals surface area (Å²) in [6.45, 7) is 3.71. The minimum absolute atomic E-state index is 0.0214. The Morgan fingerprint density at radius 3 is 1.62 bits per heavy atom. The molecule has 0 saturated heterocycles. The highest BCUT2D eigenvalue weighted by atomic mass is 16.3. The zero-order valence-electron chi connectivity index (χ0n) is 8.12. The van der Waals surface area contributed by atoms with Gasteiger partial charge in [0.15, 0.2) is 0 Å². The zero-order valence-corrected chi connectivity index (χ0v) is 8.12. The molecule has 0 heterocycles. The van der Waals surface area contributed by atoms with Gasteiger partial charge in [0.2, 0.25) is 0 Å². The van der Waals surface area contributed by atoms with Gasteiger partial charge in [-0.3, -0.25) is 0 Å². The monoisotopic (exact) mass is 190 g/mol. The third kappa shape index (κ3) is 14.1. The fraction of sp³-hybridized carbons (Fsp3) is 0.778. The quantitative estimate of drug-likeness (QED) is 0.461. The molecule has 0 aliphatic heterocycles. The molecule has 0 radical (unpaired) electrons. The van der Waals surface area contributed by atoms with Crippen molar-refractivity contribution in [1.82, 2.24) is 0 Å². The summed E-state index contributed by atoms with van der Waals surface area (Å²) in [5.74, 6) is 2.25. The van der Waals surface area contributed by atoms with E-state index in [4.69, 9.17) is 20.4 Å². The van der Waals surface area contributed by atoms with Crippen molar-refractivity contribution >= 4 is 0 Å². The Labute approximate surface area is 78.8 Å². The number of hydrogen-bond acceptors (Lipinski definition) is 4. The van der Waals surface area contributed by atoms with Gasteiger partial charge in [-0.25, -0.2) is 0 Å². The summed E-state index contributed by atoms with van der Waals surface area (Å²) in [5.41, 5.74) is -0.306. The first-order valence-electron chi connectivity index (χ1n) is 3.98. The van der Waals surface area contributed by atoms with Gasteiger partial charge in [0.05, 0.1) is 19.8 Å². The molecule has 0 unspecified atom stereocenters. The van der Waals surface area contributed by atoms with Gasteiger partial charge in [0.1, 0.15) is 6.11 Å². The molecule has 0 fully saturated rings. The lowest BCUT2D eigenvalue weighted by molar-refractivity contribution is 0.0857. The molecular weight excluding hydrogens is 172 g/mol. The molecule has 0 aromatic heterocycles. The van der Waals surface area contributed by atoms with E-state index in [0.29, 0.717) is 6.42 Å². The highest BCUT2D eigenvalue weighted by Gasteiger charge is 2.13. The van der Waals surface area contributed by atoms with E-state index < -0.39 is 0 Å². The van der Waals surface area contributed by atoms with Crippen molar-refractivity contribution in [1.29, 1.82) is 0 Å². The van der Waals surface area contributed by atoms with Crippen LogP contribution in [0, 0.1) is 17.4 Å². The normalized spacial score (nSPS) is 9.31. The van der Waals surface area contributed by atoms with Crippen molar-refractivity contribution in [3.63, 3.8) is 0 Å². The fourth-order valence-electron chi connectivity index (χ4n) is 0.162. The maximum atomic E-state index is 8.43. The Morgan fingerprint density at radius 2 is 1.54 bits per heavy atom. The maximum absolute atomic E-state index is 8.43. The lowest BCUT2D eigenvalue weighted by Gasteiger charge is -2.16. The Bertz CT molecular complexity index is 149. The second-order valence-corrected chi connectivity index (χ2v) is 3.24. The van der Waals surface area contributed by atoms with Crippen molar-refractivity contribution in [2.45, 2.75) is 20.3 Å². The van der Waals surface area contributed by atoms with Crippen LogP contribution < -0.4 is 0 Å². The minimum Gasteiger partial charge on any atom is -0.462 e.